The van der Waals surface area contributed by atoms with Crippen LogP contribution in [0.1, 0.15) is 11.1 Å². The van der Waals surface area contributed by atoms with E-state index in [1.807, 2.05) is 65.5 Å². The zero-order chi connectivity index (χ0) is 16.8. The Morgan fingerprint density at radius 3 is 2.75 bits per heavy atom. The molecule has 3 rings (SSSR count). The zero-order valence-electron chi connectivity index (χ0n) is 12.9. The van der Waals surface area contributed by atoms with Crippen LogP contribution in [0.3, 0.4) is 0 Å². The summed E-state index contributed by atoms with van der Waals surface area (Å²) in [5.41, 5.74) is 2.82. The summed E-state index contributed by atoms with van der Waals surface area (Å²) in [4.78, 5) is 12.1. The molecule has 0 aliphatic heterocycles. The summed E-state index contributed by atoms with van der Waals surface area (Å²) in [5, 5.41) is 7.06. The number of aromatic nitrogens is 2. The highest BCUT2D eigenvalue weighted by Crippen LogP contribution is 2.13. The van der Waals surface area contributed by atoms with Crippen LogP contribution >= 0.6 is 15.9 Å². The van der Waals surface area contributed by atoms with Gasteiger partial charge in [-0.3, -0.25) is 9.48 Å². The maximum absolute atomic E-state index is 12.1. The molecular weight excluding hydrogens is 366 g/mol. The van der Waals surface area contributed by atoms with E-state index in [4.69, 9.17) is 0 Å². The van der Waals surface area contributed by atoms with Gasteiger partial charge in [-0.25, -0.2) is 0 Å². The van der Waals surface area contributed by atoms with Gasteiger partial charge in [0.25, 0.3) is 0 Å². The molecule has 0 aliphatic rings. The van der Waals surface area contributed by atoms with Gasteiger partial charge >= 0.3 is 0 Å². The van der Waals surface area contributed by atoms with Crippen LogP contribution in [0, 0.1) is 0 Å². The molecule has 0 spiro atoms. The minimum absolute atomic E-state index is 0.158. The predicted molar refractivity (Wildman–Crippen MR) is 99.6 cm³/mol. The number of halogens is 1. The first-order valence-electron chi connectivity index (χ1n) is 7.50. The predicted octanol–water partition coefficient (Wildman–Crippen LogP) is 4.35. The van der Waals surface area contributed by atoms with Crippen molar-refractivity contribution in [2.24, 2.45) is 0 Å². The van der Waals surface area contributed by atoms with E-state index in [0.717, 1.165) is 21.3 Å². The summed E-state index contributed by atoms with van der Waals surface area (Å²) in [6.45, 7) is 0.672. The molecule has 2 aromatic carbocycles. The Labute approximate surface area is 149 Å². The summed E-state index contributed by atoms with van der Waals surface area (Å²) < 4.78 is 2.85. The van der Waals surface area contributed by atoms with Gasteiger partial charge in [0, 0.05) is 28.6 Å². The molecule has 0 aliphatic carbocycles. The number of rotatable bonds is 5. The Morgan fingerprint density at radius 2 is 2.00 bits per heavy atom. The minimum Gasteiger partial charge on any atom is -0.323 e. The molecule has 0 atom stereocenters. The van der Waals surface area contributed by atoms with Crippen molar-refractivity contribution >= 4 is 33.6 Å². The van der Waals surface area contributed by atoms with Gasteiger partial charge in [0.05, 0.1) is 6.54 Å². The van der Waals surface area contributed by atoms with Crippen molar-refractivity contribution < 1.29 is 4.79 Å². The summed E-state index contributed by atoms with van der Waals surface area (Å²) in [5.74, 6) is -0.158. The molecule has 0 fully saturated rings. The highest BCUT2D eigenvalue weighted by Gasteiger charge is 2.01. The fourth-order valence-electron chi connectivity index (χ4n) is 2.26. The fourth-order valence-corrected chi connectivity index (χ4v) is 2.52. The van der Waals surface area contributed by atoms with Crippen LogP contribution in [0.2, 0.25) is 0 Å². The lowest BCUT2D eigenvalue weighted by molar-refractivity contribution is -0.111. The average Bonchev–Trinajstić information content (AvgIpc) is 3.08. The van der Waals surface area contributed by atoms with Crippen LogP contribution in [-0.4, -0.2) is 15.7 Å². The third-order valence-electron chi connectivity index (χ3n) is 3.40. The molecule has 0 bridgehead atoms. The molecule has 0 saturated carbocycles. The Kier molecular flexibility index (Phi) is 5.23. The van der Waals surface area contributed by atoms with Crippen molar-refractivity contribution in [3.63, 3.8) is 0 Å². The first-order chi connectivity index (χ1) is 11.7. The molecule has 3 aromatic rings. The molecule has 1 heterocycles. The molecule has 1 N–H and O–H groups in total. The van der Waals surface area contributed by atoms with Crippen molar-refractivity contribution in [3.05, 3.63) is 88.7 Å². The Hall–Kier alpha value is -2.66. The normalized spacial score (nSPS) is 10.9. The van der Waals surface area contributed by atoms with E-state index in [0.29, 0.717) is 6.54 Å². The van der Waals surface area contributed by atoms with Crippen molar-refractivity contribution in [3.8, 4) is 0 Å². The first kappa shape index (κ1) is 16.2. The summed E-state index contributed by atoms with van der Waals surface area (Å²) in [6.07, 6.45) is 6.98. The minimum atomic E-state index is -0.158. The monoisotopic (exact) mass is 381 g/mol. The number of amides is 1. The lowest BCUT2D eigenvalue weighted by atomic mass is 10.2. The van der Waals surface area contributed by atoms with Crippen LogP contribution in [-0.2, 0) is 11.3 Å². The van der Waals surface area contributed by atoms with Gasteiger partial charge in [0.15, 0.2) is 0 Å². The van der Waals surface area contributed by atoms with Gasteiger partial charge < -0.3 is 5.32 Å². The van der Waals surface area contributed by atoms with E-state index < -0.39 is 0 Å². The third kappa shape index (κ3) is 4.67. The van der Waals surface area contributed by atoms with Gasteiger partial charge in [0.1, 0.15) is 0 Å². The van der Waals surface area contributed by atoms with Crippen LogP contribution in [0.15, 0.2) is 77.5 Å². The number of hydrogen-bond acceptors (Lipinski definition) is 2. The van der Waals surface area contributed by atoms with Gasteiger partial charge in [-0.05, 0) is 47.5 Å². The van der Waals surface area contributed by atoms with Gasteiger partial charge in [0.2, 0.25) is 5.91 Å². The number of hydrogen-bond donors (Lipinski definition) is 1. The molecule has 5 heteroatoms. The van der Waals surface area contributed by atoms with E-state index >= 15 is 0 Å². The maximum atomic E-state index is 12.1. The molecule has 1 aromatic heterocycles. The lowest BCUT2D eigenvalue weighted by Crippen LogP contribution is -2.08. The second-order valence-electron chi connectivity index (χ2n) is 5.28. The summed E-state index contributed by atoms with van der Waals surface area (Å²) in [7, 11) is 0. The van der Waals surface area contributed by atoms with Crippen LogP contribution in [0.4, 0.5) is 5.69 Å². The van der Waals surface area contributed by atoms with Gasteiger partial charge in [-0.1, -0.05) is 40.2 Å². The lowest BCUT2D eigenvalue weighted by Gasteiger charge is -2.06. The number of nitrogens with zero attached hydrogens (tertiary/aromatic N) is 2. The van der Waals surface area contributed by atoms with E-state index in [9.17, 15) is 4.79 Å². The first-order valence-corrected chi connectivity index (χ1v) is 8.29. The van der Waals surface area contributed by atoms with Crippen molar-refractivity contribution in [2.75, 3.05) is 5.32 Å². The smallest absolute Gasteiger partial charge is 0.248 e. The quantitative estimate of drug-likeness (QED) is 0.667. The number of benzene rings is 2. The molecule has 4 nitrogen and oxygen atoms in total. The molecule has 24 heavy (non-hydrogen) atoms. The second-order valence-corrected chi connectivity index (χ2v) is 6.19. The number of nitrogens with one attached hydrogen (secondary N) is 1. The second kappa shape index (κ2) is 7.75. The molecule has 1 amide bonds. The summed E-state index contributed by atoms with van der Waals surface area (Å²) >= 11 is 3.39. The van der Waals surface area contributed by atoms with Gasteiger partial charge in [-0.15, -0.1) is 0 Å². The highest BCUT2D eigenvalue weighted by atomic mass is 79.9. The van der Waals surface area contributed by atoms with Crippen molar-refractivity contribution in [1.29, 1.82) is 0 Å². The van der Waals surface area contributed by atoms with E-state index in [1.54, 1.807) is 12.3 Å². The Morgan fingerprint density at radius 1 is 1.17 bits per heavy atom. The number of anilines is 1. The number of carbonyl (C=O) groups excluding carboxylic acids is 1. The topological polar surface area (TPSA) is 46.9 Å². The SMILES string of the molecule is O=C(/C=C/c1ccc(Br)cc1)Nc1cccc(Cn2cccn2)c1. The molecule has 0 saturated heterocycles. The average molecular weight is 382 g/mol. The van der Waals surface area contributed by atoms with Crippen molar-refractivity contribution in [1.82, 2.24) is 9.78 Å². The van der Waals surface area contributed by atoms with Gasteiger partial charge in [-0.2, -0.15) is 5.10 Å². The van der Waals surface area contributed by atoms with E-state index in [2.05, 4.69) is 26.3 Å². The molecule has 0 unspecified atom stereocenters. The summed E-state index contributed by atoms with van der Waals surface area (Å²) in [6, 6.07) is 17.4. The molecule has 120 valence electrons. The fraction of sp³-hybridized carbons (Fsp3) is 0.0526. The largest absolute Gasteiger partial charge is 0.323 e. The van der Waals surface area contributed by atoms with E-state index in [-0.39, 0.29) is 5.91 Å². The van der Waals surface area contributed by atoms with Crippen molar-refractivity contribution in [2.45, 2.75) is 6.54 Å². The Bertz CT molecular complexity index is 839. The Balaban J connectivity index is 1.62. The van der Waals surface area contributed by atoms with Crippen LogP contribution < -0.4 is 5.32 Å². The highest BCUT2D eigenvalue weighted by molar-refractivity contribution is 9.10. The maximum Gasteiger partial charge on any atom is 0.248 e. The van der Waals surface area contributed by atoms with Crippen LogP contribution in [0.25, 0.3) is 6.08 Å². The van der Waals surface area contributed by atoms with Crippen LogP contribution in [0.5, 0.6) is 0 Å². The molecule has 0 radical (unpaired) electrons. The van der Waals surface area contributed by atoms with E-state index in [1.165, 1.54) is 6.08 Å². The standard InChI is InChI=1S/C19H16BrN3O/c20-17-8-5-15(6-9-17)7-10-19(24)22-18-4-1-3-16(13-18)14-23-12-2-11-21-23/h1-13H,14H2,(H,22,24)/b10-7+. The zero-order valence-corrected chi connectivity index (χ0v) is 14.5. The molecular formula is C19H16BrN3O. The third-order valence-corrected chi connectivity index (χ3v) is 3.92. The number of carbonyl (C=O) groups is 1.